The number of rotatable bonds is 5. The van der Waals surface area contributed by atoms with Gasteiger partial charge in [-0.25, -0.2) is 8.42 Å². The number of hydrogen-bond acceptors (Lipinski definition) is 5. The van der Waals surface area contributed by atoms with Gasteiger partial charge in [-0.2, -0.15) is 0 Å². The van der Waals surface area contributed by atoms with Crippen LogP contribution in [0.3, 0.4) is 0 Å². The molecule has 0 fully saturated rings. The third-order valence-corrected chi connectivity index (χ3v) is 7.21. The van der Waals surface area contributed by atoms with Crippen LogP contribution in [-0.4, -0.2) is 24.3 Å². The molecule has 0 atom stereocenters. The molecule has 0 amide bonds. The zero-order valence-electron chi connectivity index (χ0n) is 16.9. The summed E-state index contributed by atoms with van der Waals surface area (Å²) in [6, 6.07) is 17.2. The van der Waals surface area contributed by atoms with E-state index in [0.717, 1.165) is 11.1 Å². The molecule has 0 spiro atoms. The Morgan fingerprint density at radius 1 is 1.00 bits per heavy atom. The van der Waals surface area contributed by atoms with Crippen LogP contribution in [0.25, 0.3) is 10.9 Å². The maximum Gasteiger partial charge on any atom is 0.271 e. The largest absolute Gasteiger partial charge is 0.506 e. The van der Waals surface area contributed by atoms with Crippen LogP contribution in [0, 0.1) is 6.92 Å². The number of hydrogen-bond donors (Lipinski definition) is 2. The molecule has 3 aromatic carbocycles. The summed E-state index contributed by atoms with van der Waals surface area (Å²) in [5.74, 6) is -0.842. The number of pyridine rings is 1. The number of aromatic hydroxyl groups is 1. The Morgan fingerprint density at radius 2 is 1.66 bits per heavy atom. The van der Waals surface area contributed by atoms with E-state index in [1.54, 1.807) is 0 Å². The molecule has 0 aliphatic rings. The number of nitrogens with one attached hydrogen (secondary N) is 1. The Hall–Kier alpha value is -3.42. The predicted molar refractivity (Wildman–Crippen MR) is 122 cm³/mol. The maximum absolute atomic E-state index is 13.0. The fourth-order valence-electron chi connectivity index (χ4n) is 3.41. The van der Waals surface area contributed by atoms with E-state index in [2.05, 4.69) is 4.98 Å². The molecule has 6 nitrogen and oxygen atoms in total. The van der Waals surface area contributed by atoms with Crippen molar-refractivity contribution in [2.45, 2.75) is 23.1 Å². The van der Waals surface area contributed by atoms with E-state index in [0.29, 0.717) is 10.6 Å². The summed E-state index contributed by atoms with van der Waals surface area (Å²) >= 11 is 5.81. The van der Waals surface area contributed by atoms with Gasteiger partial charge in [0, 0.05) is 22.4 Å². The first-order valence-corrected chi connectivity index (χ1v) is 11.5. The molecule has 0 aliphatic heterocycles. The second-order valence-electron chi connectivity index (χ2n) is 7.44. The number of fused-ring (bicyclic) bond motifs is 1. The topological polar surface area (TPSA) is 104 Å². The molecule has 0 saturated heterocycles. The summed E-state index contributed by atoms with van der Waals surface area (Å²) < 4.78 is 25.9. The number of H-pyrrole nitrogens is 1. The average molecular weight is 468 g/mol. The molecule has 2 N–H and O–H groups in total. The van der Waals surface area contributed by atoms with Crippen molar-refractivity contribution in [3.63, 3.8) is 0 Å². The van der Waals surface area contributed by atoms with E-state index < -0.39 is 26.0 Å². The summed E-state index contributed by atoms with van der Waals surface area (Å²) in [6.07, 6.45) is 0.172. The summed E-state index contributed by atoms with van der Waals surface area (Å²) in [5, 5.41) is 11.1. The number of aromatic amines is 1. The molecule has 0 saturated carbocycles. The van der Waals surface area contributed by atoms with Crippen LogP contribution in [0.5, 0.6) is 5.75 Å². The highest BCUT2D eigenvalue weighted by molar-refractivity contribution is 7.91. The van der Waals surface area contributed by atoms with E-state index in [1.165, 1.54) is 42.5 Å². The van der Waals surface area contributed by atoms with Gasteiger partial charge in [-0.05, 0) is 48.9 Å². The molecule has 0 aliphatic carbocycles. The van der Waals surface area contributed by atoms with E-state index >= 15 is 0 Å². The molecular formula is C24H18ClNO5S. The van der Waals surface area contributed by atoms with Crippen LogP contribution in [0.2, 0.25) is 5.02 Å². The summed E-state index contributed by atoms with van der Waals surface area (Å²) in [5.41, 5.74) is 1.46. The van der Waals surface area contributed by atoms with Crippen molar-refractivity contribution in [2.24, 2.45) is 0 Å². The Morgan fingerprint density at radius 3 is 2.31 bits per heavy atom. The second kappa shape index (κ2) is 8.26. The van der Waals surface area contributed by atoms with E-state index in [-0.39, 0.29) is 28.0 Å². The number of benzene rings is 3. The lowest BCUT2D eigenvalue weighted by molar-refractivity contribution is 0.0993. The Labute approximate surface area is 189 Å². The van der Waals surface area contributed by atoms with Gasteiger partial charge in [0.1, 0.15) is 5.75 Å². The van der Waals surface area contributed by atoms with Crippen LogP contribution in [0.1, 0.15) is 21.5 Å². The van der Waals surface area contributed by atoms with E-state index in [4.69, 9.17) is 11.6 Å². The van der Waals surface area contributed by atoms with Crippen molar-refractivity contribution in [1.29, 1.82) is 0 Å². The van der Waals surface area contributed by atoms with E-state index in [1.807, 2.05) is 31.2 Å². The quantitative estimate of drug-likeness (QED) is 0.422. The first-order chi connectivity index (χ1) is 15.2. The van der Waals surface area contributed by atoms with Crippen LogP contribution in [0.15, 0.2) is 81.3 Å². The smallest absolute Gasteiger partial charge is 0.271 e. The third-order valence-electron chi connectivity index (χ3n) is 5.14. The van der Waals surface area contributed by atoms with Crippen molar-refractivity contribution < 1.29 is 18.3 Å². The average Bonchev–Trinajstić information content (AvgIpc) is 2.75. The normalized spacial score (nSPS) is 11.6. The Bertz CT molecular complexity index is 1510. The standard InChI is InChI=1S/C24H18ClNO5S/c1-14-2-4-15(5-3-14)12-21(27)16-6-11-19-20(13-16)26-24(29)23(22(19)28)32(30,31)18-9-7-17(25)8-10-18/h2-11,13H,12H2,1H3,(H2,26,28,29). The minimum Gasteiger partial charge on any atom is -0.506 e. The SMILES string of the molecule is Cc1ccc(CC(=O)c2ccc3c(O)c(S(=O)(=O)c4ccc(Cl)cc4)c(=O)[nH]c3c2)cc1. The summed E-state index contributed by atoms with van der Waals surface area (Å²) in [6.45, 7) is 1.96. The molecule has 1 aromatic heterocycles. The third kappa shape index (κ3) is 4.04. The number of Topliss-reactive ketones (excluding diaryl/α,β-unsaturated/α-hetero) is 1. The maximum atomic E-state index is 13.0. The van der Waals surface area contributed by atoms with Crippen molar-refractivity contribution in [3.8, 4) is 5.75 Å². The number of sulfone groups is 1. The lowest BCUT2D eigenvalue weighted by Gasteiger charge is -2.10. The number of halogens is 1. The minimum absolute atomic E-state index is 0.115. The van der Waals surface area contributed by atoms with Crippen molar-refractivity contribution in [2.75, 3.05) is 0 Å². The van der Waals surface area contributed by atoms with E-state index in [9.17, 15) is 23.1 Å². The van der Waals surface area contributed by atoms with Crippen LogP contribution < -0.4 is 5.56 Å². The van der Waals surface area contributed by atoms with Crippen LogP contribution in [0.4, 0.5) is 0 Å². The molecule has 0 radical (unpaired) electrons. The number of carbonyl (C=O) groups excluding carboxylic acids is 1. The molecule has 0 bridgehead atoms. The van der Waals surface area contributed by atoms with Crippen molar-refractivity contribution >= 4 is 38.1 Å². The molecule has 0 unspecified atom stereocenters. The molecule has 32 heavy (non-hydrogen) atoms. The van der Waals surface area contributed by atoms with Gasteiger partial charge in [0.05, 0.1) is 10.4 Å². The molecule has 4 rings (SSSR count). The summed E-state index contributed by atoms with van der Waals surface area (Å²) in [7, 11) is -4.30. The Balaban J connectivity index is 1.75. The number of aromatic nitrogens is 1. The first-order valence-electron chi connectivity index (χ1n) is 9.65. The monoisotopic (exact) mass is 467 g/mol. The van der Waals surface area contributed by atoms with Gasteiger partial charge in [-0.1, -0.05) is 47.5 Å². The van der Waals surface area contributed by atoms with Crippen LogP contribution in [-0.2, 0) is 16.3 Å². The first kappa shape index (κ1) is 21.8. The van der Waals surface area contributed by atoms with Crippen molar-refractivity contribution in [1.82, 2.24) is 4.98 Å². The van der Waals surface area contributed by atoms with Gasteiger partial charge in [0.15, 0.2) is 10.7 Å². The number of aryl methyl sites for hydroxylation is 1. The van der Waals surface area contributed by atoms with Crippen molar-refractivity contribution in [3.05, 3.63) is 98.8 Å². The highest BCUT2D eigenvalue weighted by Gasteiger charge is 2.27. The second-order valence-corrected chi connectivity index (χ2v) is 9.76. The number of ketones is 1. The van der Waals surface area contributed by atoms with Gasteiger partial charge in [0.2, 0.25) is 9.84 Å². The van der Waals surface area contributed by atoms with Gasteiger partial charge in [0.25, 0.3) is 5.56 Å². The fraction of sp³-hybridized carbons (Fsp3) is 0.0833. The lowest BCUT2D eigenvalue weighted by Crippen LogP contribution is -2.18. The summed E-state index contributed by atoms with van der Waals surface area (Å²) in [4.78, 5) is 26.9. The van der Waals surface area contributed by atoms with Gasteiger partial charge >= 0.3 is 0 Å². The fourth-order valence-corrected chi connectivity index (χ4v) is 4.93. The lowest BCUT2D eigenvalue weighted by atomic mass is 10.0. The Kier molecular flexibility index (Phi) is 5.62. The van der Waals surface area contributed by atoms with Crippen LogP contribution >= 0.6 is 11.6 Å². The zero-order valence-corrected chi connectivity index (χ0v) is 18.5. The molecule has 4 aromatic rings. The van der Waals surface area contributed by atoms with Gasteiger partial charge in [-0.3, -0.25) is 9.59 Å². The molecule has 162 valence electrons. The predicted octanol–water partition coefficient (Wildman–Crippen LogP) is 4.45. The minimum atomic E-state index is -4.30. The highest BCUT2D eigenvalue weighted by Crippen LogP contribution is 2.32. The molecule has 8 heteroatoms. The number of carbonyl (C=O) groups is 1. The molecule has 1 heterocycles. The van der Waals surface area contributed by atoms with Gasteiger partial charge < -0.3 is 10.1 Å². The highest BCUT2D eigenvalue weighted by atomic mass is 35.5. The zero-order chi connectivity index (χ0) is 23.0. The van der Waals surface area contributed by atoms with Gasteiger partial charge in [-0.15, -0.1) is 0 Å². The molecular weight excluding hydrogens is 450 g/mol.